The van der Waals surface area contributed by atoms with Crippen molar-refractivity contribution in [2.45, 2.75) is 13.0 Å². The molecular weight excluding hydrogens is 582 g/mol. The highest BCUT2D eigenvalue weighted by molar-refractivity contribution is 7.07. The number of fused-ring (bicyclic) bond motifs is 1. The number of hydrogen-bond donors (Lipinski definition) is 0. The predicted octanol–water partition coefficient (Wildman–Crippen LogP) is 4.18. The number of thiazole rings is 1. The van der Waals surface area contributed by atoms with Gasteiger partial charge in [0, 0.05) is 29.5 Å². The zero-order chi connectivity index (χ0) is 31.0. The maximum Gasteiger partial charge on any atom is 0.338 e. The summed E-state index contributed by atoms with van der Waals surface area (Å²) in [5, 5.41) is 16.3. The number of non-ortho nitro benzene ring substituents is 1. The van der Waals surface area contributed by atoms with Crippen molar-refractivity contribution >= 4 is 29.1 Å². The summed E-state index contributed by atoms with van der Waals surface area (Å²) < 4.78 is 13.9. The van der Waals surface area contributed by atoms with Crippen LogP contribution in [0.4, 0.5) is 5.69 Å². The van der Waals surface area contributed by atoms with Gasteiger partial charge in [0.05, 0.1) is 46.7 Å². The lowest BCUT2D eigenvalue weighted by atomic mass is 9.96. The number of allylic oxidation sites excluding steroid dienone is 1. The van der Waals surface area contributed by atoms with Crippen LogP contribution in [0.3, 0.4) is 0 Å². The molecule has 0 amide bonds. The fourth-order valence-corrected chi connectivity index (χ4v) is 6.17. The van der Waals surface area contributed by atoms with Gasteiger partial charge in [-0.05, 0) is 42.8 Å². The summed E-state index contributed by atoms with van der Waals surface area (Å²) in [5.41, 5.74) is 3.28. The van der Waals surface area contributed by atoms with Crippen molar-refractivity contribution in [1.29, 1.82) is 0 Å². The molecule has 6 rings (SSSR count). The zero-order valence-corrected chi connectivity index (χ0v) is 24.6. The van der Waals surface area contributed by atoms with Crippen molar-refractivity contribution in [3.05, 3.63) is 137 Å². The summed E-state index contributed by atoms with van der Waals surface area (Å²) in [6, 6.07) is 21.9. The lowest BCUT2D eigenvalue weighted by molar-refractivity contribution is -0.384. The van der Waals surface area contributed by atoms with Crippen molar-refractivity contribution < 1.29 is 19.2 Å². The summed E-state index contributed by atoms with van der Waals surface area (Å²) in [4.78, 5) is 43.2. The number of aromatic nitrogens is 3. The Morgan fingerprint density at radius 2 is 1.80 bits per heavy atom. The van der Waals surface area contributed by atoms with Crippen LogP contribution in [0.25, 0.3) is 23.0 Å². The molecule has 3 aromatic carbocycles. The molecule has 0 bridgehead atoms. The third-order valence-electron chi connectivity index (χ3n) is 7.24. The predicted molar refractivity (Wildman–Crippen MR) is 164 cm³/mol. The van der Waals surface area contributed by atoms with Crippen molar-refractivity contribution in [2.24, 2.45) is 4.99 Å². The minimum atomic E-state index is -0.782. The molecule has 1 aliphatic heterocycles. The Bertz CT molecular complexity index is 2130. The van der Waals surface area contributed by atoms with Crippen LogP contribution >= 0.6 is 11.3 Å². The Kier molecular flexibility index (Phi) is 7.50. The van der Waals surface area contributed by atoms with Gasteiger partial charge in [-0.1, -0.05) is 53.8 Å². The molecule has 1 atom stereocenters. The van der Waals surface area contributed by atoms with Gasteiger partial charge in [0.15, 0.2) is 4.80 Å². The van der Waals surface area contributed by atoms with Crippen LogP contribution in [0.2, 0.25) is 0 Å². The molecule has 2 aromatic heterocycles. The largest absolute Gasteiger partial charge is 0.497 e. The molecule has 0 N–H and O–H groups in total. The molecule has 0 radical (unpaired) electrons. The van der Waals surface area contributed by atoms with Gasteiger partial charge in [-0.15, -0.1) is 0 Å². The molecular formula is C32H25N5O6S. The summed E-state index contributed by atoms with van der Waals surface area (Å²) in [6.45, 7) is 1.71. The molecule has 1 unspecified atom stereocenters. The van der Waals surface area contributed by atoms with Crippen LogP contribution in [-0.2, 0) is 9.53 Å². The number of para-hydroxylation sites is 1. The van der Waals surface area contributed by atoms with Crippen molar-refractivity contribution in [3.8, 4) is 22.7 Å². The lowest BCUT2D eigenvalue weighted by Crippen LogP contribution is -2.39. The fraction of sp³-hybridized carbons (Fsp3) is 0.125. The number of benzene rings is 3. The fourth-order valence-electron chi connectivity index (χ4n) is 5.13. The van der Waals surface area contributed by atoms with E-state index >= 15 is 0 Å². The Hall–Kier alpha value is -5.62. The number of esters is 1. The van der Waals surface area contributed by atoms with E-state index in [2.05, 4.69) is 4.99 Å². The molecule has 220 valence electrons. The van der Waals surface area contributed by atoms with Crippen molar-refractivity contribution in [3.63, 3.8) is 0 Å². The van der Waals surface area contributed by atoms with Gasteiger partial charge in [-0.2, -0.15) is 5.10 Å². The Labute approximate surface area is 254 Å². The third-order valence-corrected chi connectivity index (χ3v) is 8.22. The van der Waals surface area contributed by atoms with Gasteiger partial charge < -0.3 is 9.47 Å². The van der Waals surface area contributed by atoms with Gasteiger partial charge in [0.1, 0.15) is 11.4 Å². The molecule has 11 nitrogen and oxygen atoms in total. The maximum atomic E-state index is 14.1. The first-order valence-corrected chi connectivity index (χ1v) is 14.3. The van der Waals surface area contributed by atoms with E-state index in [-0.39, 0.29) is 16.8 Å². The van der Waals surface area contributed by atoms with Crippen LogP contribution in [-0.4, -0.2) is 39.5 Å². The quantitative estimate of drug-likeness (QED) is 0.154. The number of ether oxygens (including phenoxy) is 2. The second kappa shape index (κ2) is 11.6. The SMILES string of the molecule is COC(=O)C1=C(C)N=c2s/c(=C\c3cn(-c4ccccc4)nc3-c3cccc([N+](=O)[O-])c3)c(=O)n2C1c1ccc(OC)cc1. The molecule has 0 aliphatic carbocycles. The number of rotatable bonds is 7. The van der Waals surface area contributed by atoms with Gasteiger partial charge in [-0.3, -0.25) is 19.5 Å². The molecule has 0 saturated heterocycles. The monoisotopic (exact) mass is 607 g/mol. The van der Waals surface area contributed by atoms with Gasteiger partial charge in [-0.25, -0.2) is 14.5 Å². The first kappa shape index (κ1) is 28.5. The molecule has 0 saturated carbocycles. The third kappa shape index (κ3) is 5.11. The van der Waals surface area contributed by atoms with Crippen LogP contribution in [0, 0.1) is 10.1 Å². The van der Waals surface area contributed by atoms with Gasteiger partial charge >= 0.3 is 5.97 Å². The summed E-state index contributed by atoms with van der Waals surface area (Å²) in [7, 11) is 2.85. The van der Waals surface area contributed by atoms with Gasteiger partial charge in [0.2, 0.25) is 0 Å². The lowest BCUT2D eigenvalue weighted by Gasteiger charge is -2.24. The first-order chi connectivity index (χ1) is 21.3. The van der Waals surface area contributed by atoms with Crippen molar-refractivity contribution in [2.75, 3.05) is 14.2 Å². The number of carbonyl (C=O) groups is 1. The molecule has 0 spiro atoms. The minimum Gasteiger partial charge on any atom is -0.497 e. The van der Waals surface area contributed by atoms with E-state index in [1.807, 2.05) is 30.3 Å². The first-order valence-electron chi connectivity index (χ1n) is 13.4. The van der Waals surface area contributed by atoms with E-state index in [4.69, 9.17) is 14.6 Å². The minimum absolute atomic E-state index is 0.0765. The number of nitro groups is 1. The molecule has 44 heavy (non-hydrogen) atoms. The summed E-state index contributed by atoms with van der Waals surface area (Å²) in [5.74, 6) is 0.0454. The van der Waals surface area contributed by atoms with Gasteiger partial charge in [0.25, 0.3) is 11.2 Å². The number of hydrogen-bond acceptors (Lipinski definition) is 9. The molecule has 0 fully saturated rings. The highest BCUT2D eigenvalue weighted by atomic mass is 32.1. The number of methoxy groups -OCH3 is 2. The zero-order valence-electron chi connectivity index (χ0n) is 23.8. The molecule has 5 aromatic rings. The Morgan fingerprint density at radius 1 is 1.05 bits per heavy atom. The molecule has 1 aliphatic rings. The average molecular weight is 608 g/mol. The normalized spacial score (nSPS) is 14.6. The molecule has 12 heteroatoms. The topological polar surface area (TPSA) is 131 Å². The second-order valence-electron chi connectivity index (χ2n) is 9.87. The number of nitro benzene ring substituents is 1. The van der Waals surface area contributed by atoms with E-state index in [1.165, 1.54) is 35.1 Å². The highest BCUT2D eigenvalue weighted by Gasteiger charge is 2.33. The molecule has 3 heterocycles. The van der Waals surface area contributed by atoms with E-state index < -0.39 is 16.9 Å². The van der Waals surface area contributed by atoms with Crippen LogP contribution < -0.4 is 19.6 Å². The summed E-state index contributed by atoms with van der Waals surface area (Å²) in [6.07, 6.45) is 3.47. The number of carbonyl (C=O) groups excluding carboxylic acids is 1. The maximum absolute atomic E-state index is 14.1. The van der Waals surface area contributed by atoms with Crippen LogP contribution in [0.15, 0.2) is 106 Å². The standard InChI is InChI=1S/C32H25N5O6S/c1-19-27(31(39)43-3)29(20-12-14-25(42-2)15-13-20)36-30(38)26(44-32(36)33-19)17-22-18-35(23-9-5-4-6-10-23)34-28(22)21-8-7-11-24(16-21)37(40)41/h4-18,29H,1-3H3/b26-17-. The van der Waals surface area contributed by atoms with Crippen molar-refractivity contribution in [1.82, 2.24) is 14.3 Å². The average Bonchev–Trinajstić information content (AvgIpc) is 3.61. The van der Waals surface area contributed by atoms with E-state index in [1.54, 1.807) is 67.4 Å². The van der Waals surface area contributed by atoms with E-state index in [0.717, 1.165) is 5.69 Å². The second-order valence-corrected chi connectivity index (χ2v) is 10.9. The van der Waals surface area contributed by atoms with Crippen LogP contribution in [0.5, 0.6) is 5.75 Å². The van der Waals surface area contributed by atoms with E-state index in [9.17, 15) is 19.7 Å². The van der Waals surface area contributed by atoms with Crippen LogP contribution in [0.1, 0.15) is 24.1 Å². The number of nitrogens with zero attached hydrogens (tertiary/aromatic N) is 5. The Balaban J connectivity index is 1.57. The summed E-state index contributed by atoms with van der Waals surface area (Å²) >= 11 is 1.18. The highest BCUT2D eigenvalue weighted by Crippen LogP contribution is 2.32. The smallest absolute Gasteiger partial charge is 0.338 e. The Morgan fingerprint density at radius 3 is 2.48 bits per heavy atom. The van der Waals surface area contributed by atoms with E-state index in [0.29, 0.717) is 43.2 Å².